The standard InChI is InChI=1S/C31H26ClN5O2S2/c1-20-9-2-5-13-24(20)37-31-28(29(35-37)25-14-8-16-40-25)30(22-11-3-4-12-23(22)32)41-19-27(39)36(31)18-26(38)34-17-21-10-6-7-15-33-21/h2-16,30H,17-19H2,1H3,(H,34,38)/t30-/m0/s1. The molecule has 1 atom stereocenters. The van der Waals surface area contributed by atoms with Crippen LogP contribution in [0, 0.1) is 6.92 Å². The molecule has 0 aliphatic carbocycles. The molecular formula is C31H26ClN5O2S2. The summed E-state index contributed by atoms with van der Waals surface area (Å²) in [5, 5.41) is 10.4. The zero-order valence-corrected chi connectivity index (χ0v) is 24.5. The molecule has 41 heavy (non-hydrogen) atoms. The molecule has 7 nitrogen and oxygen atoms in total. The lowest BCUT2D eigenvalue weighted by Crippen LogP contribution is -2.42. The van der Waals surface area contributed by atoms with Crippen LogP contribution in [0.5, 0.6) is 0 Å². The van der Waals surface area contributed by atoms with E-state index < -0.39 is 0 Å². The highest BCUT2D eigenvalue weighted by Gasteiger charge is 2.38. The summed E-state index contributed by atoms with van der Waals surface area (Å²) in [4.78, 5) is 34.0. The van der Waals surface area contributed by atoms with Crippen molar-refractivity contribution in [3.63, 3.8) is 0 Å². The third-order valence-corrected chi connectivity index (χ3v) is 9.33. The quantitative estimate of drug-likeness (QED) is 0.233. The third-order valence-electron chi connectivity index (χ3n) is 6.87. The van der Waals surface area contributed by atoms with Gasteiger partial charge in [0, 0.05) is 16.8 Å². The molecule has 10 heteroatoms. The molecule has 0 spiro atoms. The summed E-state index contributed by atoms with van der Waals surface area (Å²) in [5.41, 5.74) is 5.10. The molecule has 6 rings (SSSR count). The first-order valence-corrected chi connectivity index (χ1v) is 15.4. The number of nitrogens with one attached hydrogen (secondary N) is 1. The second-order valence-corrected chi connectivity index (χ2v) is 12.0. The number of aryl methyl sites for hydroxylation is 1. The molecule has 0 saturated heterocycles. The fraction of sp³-hybridized carbons (Fsp3) is 0.161. The number of rotatable bonds is 7. The highest BCUT2D eigenvalue weighted by atomic mass is 35.5. The fourth-order valence-corrected chi connectivity index (χ4v) is 7.17. The van der Waals surface area contributed by atoms with E-state index in [1.54, 1.807) is 22.4 Å². The van der Waals surface area contributed by atoms with Crippen molar-refractivity contribution in [1.29, 1.82) is 0 Å². The maximum Gasteiger partial charge on any atom is 0.240 e. The Morgan fingerprint density at radius 1 is 1.05 bits per heavy atom. The number of hydrogen-bond acceptors (Lipinski definition) is 6. The van der Waals surface area contributed by atoms with Crippen molar-refractivity contribution < 1.29 is 9.59 Å². The first-order valence-electron chi connectivity index (χ1n) is 13.1. The highest BCUT2D eigenvalue weighted by Crippen LogP contribution is 2.50. The lowest BCUT2D eigenvalue weighted by Gasteiger charge is -2.23. The van der Waals surface area contributed by atoms with Gasteiger partial charge in [-0.15, -0.1) is 23.1 Å². The Balaban J connectivity index is 1.52. The molecule has 206 valence electrons. The van der Waals surface area contributed by atoms with Crippen molar-refractivity contribution in [1.82, 2.24) is 20.1 Å². The van der Waals surface area contributed by atoms with E-state index in [-0.39, 0.29) is 35.9 Å². The molecule has 0 saturated carbocycles. The maximum absolute atomic E-state index is 13.9. The Morgan fingerprint density at radius 2 is 1.85 bits per heavy atom. The van der Waals surface area contributed by atoms with Crippen molar-refractivity contribution >= 4 is 52.3 Å². The van der Waals surface area contributed by atoms with Crippen LogP contribution in [0.2, 0.25) is 5.02 Å². The Hall–Kier alpha value is -3.92. The molecule has 1 aliphatic heterocycles. The Kier molecular flexibility index (Phi) is 7.91. The normalized spacial score (nSPS) is 14.9. The lowest BCUT2D eigenvalue weighted by atomic mass is 10.0. The average molecular weight is 600 g/mol. The van der Waals surface area contributed by atoms with Gasteiger partial charge in [0.05, 0.1) is 33.8 Å². The predicted octanol–water partition coefficient (Wildman–Crippen LogP) is 6.44. The summed E-state index contributed by atoms with van der Waals surface area (Å²) < 4.78 is 1.82. The van der Waals surface area contributed by atoms with E-state index in [9.17, 15) is 9.59 Å². The molecule has 2 aromatic carbocycles. The van der Waals surface area contributed by atoms with E-state index in [2.05, 4.69) is 10.3 Å². The average Bonchev–Trinajstić information content (AvgIpc) is 3.63. The molecule has 1 aliphatic rings. The van der Waals surface area contributed by atoms with E-state index in [1.807, 2.05) is 95.8 Å². The van der Waals surface area contributed by atoms with E-state index in [0.29, 0.717) is 10.8 Å². The predicted molar refractivity (Wildman–Crippen MR) is 166 cm³/mol. The number of thioether (sulfide) groups is 1. The number of para-hydroxylation sites is 1. The van der Waals surface area contributed by atoms with Gasteiger partial charge in [-0.3, -0.25) is 19.5 Å². The van der Waals surface area contributed by atoms with Gasteiger partial charge in [-0.1, -0.05) is 60.1 Å². The molecule has 0 radical (unpaired) electrons. The fourth-order valence-electron chi connectivity index (χ4n) is 4.91. The zero-order chi connectivity index (χ0) is 28.3. The number of carbonyl (C=O) groups is 2. The van der Waals surface area contributed by atoms with Gasteiger partial charge in [-0.05, 0) is 53.8 Å². The minimum Gasteiger partial charge on any atom is -0.349 e. The number of carbonyl (C=O) groups excluding carboxylic acids is 2. The highest BCUT2D eigenvalue weighted by molar-refractivity contribution is 8.00. The molecular weight excluding hydrogens is 574 g/mol. The first kappa shape index (κ1) is 27.3. The van der Waals surface area contributed by atoms with Crippen molar-refractivity contribution in [2.24, 2.45) is 0 Å². The largest absolute Gasteiger partial charge is 0.349 e. The summed E-state index contributed by atoms with van der Waals surface area (Å²) in [6.07, 6.45) is 1.69. The van der Waals surface area contributed by atoms with Gasteiger partial charge in [-0.2, -0.15) is 5.10 Å². The molecule has 0 fully saturated rings. The van der Waals surface area contributed by atoms with Crippen LogP contribution in [0.1, 0.15) is 27.6 Å². The molecule has 5 aromatic rings. The van der Waals surface area contributed by atoms with Crippen LogP contribution >= 0.6 is 34.7 Å². The lowest BCUT2D eigenvalue weighted by molar-refractivity contribution is -0.123. The van der Waals surface area contributed by atoms with Gasteiger partial charge in [0.1, 0.15) is 18.1 Å². The summed E-state index contributed by atoms with van der Waals surface area (Å²) in [5.74, 6) is 0.295. The van der Waals surface area contributed by atoms with Crippen LogP contribution in [0.25, 0.3) is 16.3 Å². The van der Waals surface area contributed by atoms with Gasteiger partial charge in [0.15, 0.2) is 0 Å². The second kappa shape index (κ2) is 11.9. The van der Waals surface area contributed by atoms with Crippen LogP contribution in [0.4, 0.5) is 5.82 Å². The van der Waals surface area contributed by atoms with E-state index in [1.165, 1.54) is 11.8 Å². The second-order valence-electron chi connectivity index (χ2n) is 9.55. The molecule has 1 N–H and O–H groups in total. The number of hydrogen-bond donors (Lipinski definition) is 1. The number of fused-ring (bicyclic) bond motifs is 1. The topological polar surface area (TPSA) is 80.1 Å². The SMILES string of the molecule is Cc1ccccc1-n1nc(-c2cccs2)c2c1N(CC(=O)NCc1ccccn1)C(=O)CS[C@H]2c1ccccc1Cl. The van der Waals surface area contributed by atoms with Crippen LogP contribution in [0.3, 0.4) is 0 Å². The minimum atomic E-state index is -0.286. The third kappa shape index (κ3) is 5.53. The Bertz CT molecular complexity index is 1710. The number of pyridine rings is 1. The van der Waals surface area contributed by atoms with Crippen LogP contribution < -0.4 is 10.2 Å². The summed E-state index contributed by atoms with van der Waals surface area (Å²) >= 11 is 9.84. The van der Waals surface area contributed by atoms with Crippen LogP contribution in [-0.4, -0.2) is 38.9 Å². The van der Waals surface area contributed by atoms with Crippen molar-refractivity contribution in [3.05, 3.63) is 118 Å². The number of thiophene rings is 1. The Labute approximate surface area is 251 Å². The number of aromatic nitrogens is 3. The zero-order valence-electron chi connectivity index (χ0n) is 22.2. The van der Waals surface area contributed by atoms with Gasteiger partial charge < -0.3 is 5.32 Å². The number of benzene rings is 2. The summed E-state index contributed by atoms with van der Waals surface area (Å²) in [6, 6.07) is 25.2. The van der Waals surface area contributed by atoms with Crippen LogP contribution in [0.15, 0.2) is 90.4 Å². The van der Waals surface area contributed by atoms with E-state index in [4.69, 9.17) is 16.7 Å². The van der Waals surface area contributed by atoms with Crippen molar-refractivity contribution in [3.8, 4) is 16.3 Å². The minimum absolute atomic E-state index is 0.157. The monoisotopic (exact) mass is 599 g/mol. The molecule has 4 heterocycles. The Morgan fingerprint density at radius 3 is 2.61 bits per heavy atom. The van der Waals surface area contributed by atoms with Gasteiger partial charge >= 0.3 is 0 Å². The molecule has 0 unspecified atom stereocenters. The number of amides is 2. The van der Waals surface area contributed by atoms with Gasteiger partial charge in [0.25, 0.3) is 0 Å². The molecule has 3 aromatic heterocycles. The number of halogens is 1. The summed E-state index contributed by atoms with van der Waals surface area (Å²) in [7, 11) is 0. The maximum atomic E-state index is 13.9. The molecule has 2 amide bonds. The molecule has 0 bridgehead atoms. The van der Waals surface area contributed by atoms with Crippen molar-refractivity contribution in [2.45, 2.75) is 18.7 Å². The van der Waals surface area contributed by atoms with E-state index >= 15 is 0 Å². The van der Waals surface area contributed by atoms with Gasteiger partial charge in [-0.25, -0.2) is 4.68 Å². The smallest absolute Gasteiger partial charge is 0.240 e. The first-order chi connectivity index (χ1) is 20.0. The number of anilines is 1. The van der Waals surface area contributed by atoms with Crippen LogP contribution in [-0.2, 0) is 16.1 Å². The van der Waals surface area contributed by atoms with Crippen molar-refractivity contribution in [2.75, 3.05) is 17.2 Å². The van der Waals surface area contributed by atoms with Gasteiger partial charge in [0.2, 0.25) is 11.8 Å². The van der Waals surface area contributed by atoms with E-state index in [0.717, 1.165) is 38.6 Å². The summed E-state index contributed by atoms with van der Waals surface area (Å²) in [6.45, 7) is 2.12. The number of nitrogens with zero attached hydrogens (tertiary/aromatic N) is 4.